The van der Waals surface area contributed by atoms with Gasteiger partial charge in [0.15, 0.2) is 0 Å². The Balaban J connectivity index is 4.40. The fourth-order valence-corrected chi connectivity index (χ4v) is 1.44. The van der Waals surface area contributed by atoms with E-state index in [0.717, 1.165) is 6.42 Å². The minimum atomic E-state index is -0.907. The van der Waals surface area contributed by atoms with Crippen molar-refractivity contribution in [2.45, 2.75) is 45.2 Å². The lowest BCUT2D eigenvalue weighted by Crippen LogP contribution is -2.56. The van der Waals surface area contributed by atoms with Gasteiger partial charge in [-0.05, 0) is 20.3 Å². The number of nitrogens with zero attached hydrogens (tertiary/aromatic N) is 1. The van der Waals surface area contributed by atoms with E-state index in [1.54, 1.807) is 27.9 Å². The maximum absolute atomic E-state index is 11.8. The van der Waals surface area contributed by atoms with Crippen LogP contribution in [0.15, 0.2) is 0 Å². The molecule has 0 aromatic carbocycles. The van der Waals surface area contributed by atoms with Gasteiger partial charge in [-0.2, -0.15) is 0 Å². The quantitative estimate of drug-likeness (QED) is 0.702. The second-order valence-electron chi connectivity index (χ2n) is 4.60. The lowest BCUT2D eigenvalue weighted by atomic mass is 9.96. The molecule has 2 unspecified atom stereocenters. The largest absolute Gasteiger partial charge is 0.347 e. The fraction of sp³-hybridized carbons (Fsp3) is 0.818. The predicted molar refractivity (Wildman–Crippen MR) is 63.8 cm³/mol. The summed E-state index contributed by atoms with van der Waals surface area (Å²) in [7, 11) is 3.30. The molecular weight excluding hydrogens is 206 g/mol. The number of nitrogens with two attached hydrogens (primary N) is 1. The van der Waals surface area contributed by atoms with Crippen LogP contribution in [0.3, 0.4) is 0 Å². The summed E-state index contributed by atoms with van der Waals surface area (Å²) in [5.74, 6) is -0.419. The van der Waals surface area contributed by atoms with Crippen LogP contribution in [-0.2, 0) is 9.59 Å². The topological polar surface area (TPSA) is 75.4 Å². The molecule has 2 amide bonds. The molecule has 0 saturated heterocycles. The molecule has 0 aromatic rings. The van der Waals surface area contributed by atoms with Crippen molar-refractivity contribution >= 4 is 11.8 Å². The number of carbonyl (C=O) groups excluding carboxylic acids is 2. The van der Waals surface area contributed by atoms with Gasteiger partial charge in [-0.3, -0.25) is 9.59 Å². The van der Waals surface area contributed by atoms with Crippen LogP contribution in [0.25, 0.3) is 0 Å². The van der Waals surface area contributed by atoms with E-state index in [0.29, 0.717) is 6.42 Å². The van der Waals surface area contributed by atoms with Gasteiger partial charge >= 0.3 is 0 Å². The minimum Gasteiger partial charge on any atom is -0.347 e. The Kier molecular flexibility index (Phi) is 5.44. The van der Waals surface area contributed by atoms with Crippen LogP contribution in [0.4, 0.5) is 0 Å². The SMILES string of the molecule is CCCC(C)(N)C(=O)NC(C)C(=O)N(C)C. The Morgan fingerprint density at radius 3 is 2.31 bits per heavy atom. The maximum atomic E-state index is 11.8. The number of nitrogens with one attached hydrogen (secondary N) is 1. The Hall–Kier alpha value is -1.10. The molecule has 16 heavy (non-hydrogen) atoms. The van der Waals surface area contributed by atoms with Crippen molar-refractivity contribution in [1.29, 1.82) is 0 Å². The van der Waals surface area contributed by atoms with E-state index >= 15 is 0 Å². The normalized spacial score (nSPS) is 16.1. The van der Waals surface area contributed by atoms with E-state index in [-0.39, 0.29) is 11.8 Å². The van der Waals surface area contributed by atoms with Crippen LogP contribution in [0, 0.1) is 0 Å². The molecular formula is C11H23N3O2. The van der Waals surface area contributed by atoms with Crippen LogP contribution in [0.1, 0.15) is 33.6 Å². The summed E-state index contributed by atoms with van der Waals surface area (Å²) in [6.07, 6.45) is 1.43. The molecule has 0 aliphatic rings. The highest BCUT2D eigenvalue weighted by molar-refractivity contribution is 5.91. The van der Waals surface area contributed by atoms with Crippen molar-refractivity contribution in [3.63, 3.8) is 0 Å². The number of rotatable bonds is 5. The van der Waals surface area contributed by atoms with Crippen LogP contribution < -0.4 is 11.1 Å². The molecule has 0 fully saturated rings. The third kappa shape index (κ3) is 4.18. The average molecular weight is 229 g/mol. The zero-order valence-corrected chi connectivity index (χ0v) is 10.8. The lowest BCUT2D eigenvalue weighted by molar-refractivity contribution is -0.135. The molecule has 94 valence electrons. The first-order valence-corrected chi connectivity index (χ1v) is 5.53. The summed E-state index contributed by atoms with van der Waals surface area (Å²) < 4.78 is 0. The summed E-state index contributed by atoms with van der Waals surface area (Å²) in [6.45, 7) is 5.30. The van der Waals surface area contributed by atoms with Gasteiger partial charge in [0.25, 0.3) is 0 Å². The molecule has 0 rings (SSSR count). The molecule has 0 radical (unpaired) electrons. The maximum Gasteiger partial charge on any atom is 0.244 e. The predicted octanol–water partition coefficient (Wildman–Crippen LogP) is 0.0968. The summed E-state index contributed by atoms with van der Waals surface area (Å²) in [5.41, 5.74) is 4.95. The van der Waals surface area contributed by atoms with E-state index in [1.165, 1.54) is 4.90 Å². The average Bonchev–Trinajstić information content (AvgIpc) is 2.15. The molecule has 2 atom stereocenters. The lowest BCUT2D eigenvalue weighted by Gasteiger charge is -2.26. The summed E-state index contributed by atoms with van der Waals surface area (Å²) in [4.78, 5) is 24.8. The molecule has 5 nitrogen and oxygen atoms in total. The highest BCUT2D eigenvalue weighted by atomic mass is 16.2. The van der Waals surface area contributed by atoms with Gasteiger partial charge in [0.2, 0.25) is 11.8 Å². The zero-order valence-electron chi connectivity index (χ0n) is 10.8. The monoisotopic (exact) mass is 229 g/mol. The van der Waals surface area contributed by atoms with Crippen molar-refractivity contribution in [3.8, 4) is 0 Å². The van der Waals surface area contributed by atoms with Crippen LogP contribution >= 0.6 is 0 Å². The molecule has 5 heteroatoms. The first-order chi connectivity index (χ1) is 7.22. The van der Waals surface area contributed by atoms with Gasteiger partial charge in [-0.1, -0.05) is 13.3 Å². The highest BCUT2D eigenvalue weighted by Gasteiger charge is 2.29. The van der Waals surface area contributed by atoms with E-state index in [2.05, 4.69) is 5.32 Å². The highest BCUT2D eigenvalue weighted by Crippen LogP contribution is 2.08. The molecule has 0 aliphatic carbocycles. The van der Waals surface area contributed by atoms with E-state index in [1.807, 2.05) is 6.92 Å². The molecule has 0 aliphatic heterocycles. The van der Waals surface area contributed by atoms with Crippen molar-refractivity contribution < 1.29 is 9.59 Å². The van der Waals surface area contributed by atoms with Crippen molar-refractivity contribution in [3.05, 3.63) is 0 Å². The third-order valence-electron chi connectivity index (χ3n) is 2.45. The summed E-state index contributed by atoms with van der Waals surface area (Å²) in [6, 6.07) is -0.540. The van der Waals surface area contributed by atoms with Gasteiger partial charge in [0.1, 0.15) is 6.04 Å². The van der Waals surface area contributed by atoms with Gasteiger partial charge in [0.05, 0.1) is 5.54 Å². The van der Waals surface area contributed by atoms with Gasteiger partial charge in [-0.15, -0.1) is 0 Å². The Labute approximate surface area is 97.4 Å². The van der Waals surface area contributed by atoms with Gasteiger partial charge in [0, 0.05) is 14.1 Å². The molecule has 3 N–H and O–H groups in total. The number of amides is 2. The van der Waals surface area contributed by atoms with E-state index < -0.39 is 11.6 Å². The summed E-state index contributed by atoms with van der Waals surface area (Å²) >= 11 is 0. The van der Waals surface area contributed by atoms with Crippen LogP contribution in [0.5, 0.6) is 0 Å². The molecule has 0 bridgehead atoms. The molecule has 0 spiro atoms. The molecule has 0 saturated carbocycles. The Bertz CT molecular complexity index is 262. The zero-order chi connectivity index (χ0) is 12.9. The number of hydrogen-bond acceptors (Lipinski definition) is 3. The van der Waals surface area contributed by atoms with Gasteiger partial charge in [-0.25, -0.2) is 0 Å². The van der Waals surface area contributed by atoms with Gasteiger partial charge < -0.3 is 16.0 Å². The molecule has 0 heterocycles. The third-order valence-corrected chi connectivity index (χ3v) is 2.45. The number of likely N-dealkylation sites (N-methyl/N-ethyl adjacent to an activating group) is 1. The number of hydrogen-bond donors (Lipinski definition) is 2. The fourth-order valence-electron chi connectivity index (χ4n) is 1.44. The smallest absolute Gasteiger partial charge is 0.244 e. The van der Waals surface area contributed by atoms with E-state index in [4.69, 9.17) is 5.73 Å². The second-order valence-corrected chi connectivity index (χ2v) is 4.60. The van der Waals surface area contributed by atoms with E-state index in [9.17, 15) is 9.59 Å². The summed E-state index contributed by atoms with van der Waals surface area (Å²) in [5, 5.41) is 2.63. The Morgan fingerprint density at radius 1 is 1.44 bits per heavy atom. The van der Waals surface area contributed by atoms with Crippen molar-refractivity contribution in [2.24, 2.45) is 5.73 Å². The van der Waals surface area contributed by atoms with Crippen molar-refractivity contribution in [1.82, 2.24) is 10.2 Å². The first kappa shape index (κ1) is 14.9. The molecule has 0 aromatic heterocycles. The van der Waals surface area contributed by atoms with Crippen LogP contribution in [0.2, 0.25) is 0 Å². The second kappa shape index (κ2) is 5.84. The van der Waals surface area contributed by atoms with Crippen molar-refractivity contribution in [2.75, 3.05) is 14.1 Å². The minimum absolute atomic E-state index is 0.138. The Morgan fingerprint density at radius 2 is 1.94 bits per heavy atom. The van der Waals surface area contributed by atoms with Crippen LogP contribution in [-0.4, -0.2) is 42.4 Å². The standard InChI is InChI=1S/C11H23N3O2/c1-6-7-11(3,12)10(16)13-8(2)9(15)14(4)5/h8H,6-7,12H2,1-5H3,(H,13,16). The first-order valence-electron chi connectivity index (χ1n) is 5.53. The number of carbonyl (C=O) groups is 2.